The van der Waals surface area contributed by atoms with E-state index in [1.54, 1.807) is 0 Å². The number of rotatable bonds is 2. The zero-order chi connectivity index (χ0) is 9.64. The van der Waals surface area contributed by atoms with Crippen LogP contribution in [0.4, 0.5) is 8.78 Å². The van der Waals surface area contributed by atoms with Crippen molar-refractivity contribution in [2.24, 2.45) is 11.7 Å². The lowest BCUT2D eigenvalue weighted by Crippen LogP contribution is -2.34. The Labute approximate surface area is 74.9 Å². The van der Waals surface area contributed by atoms with Crippen LogP contribution < -0.4 is 5.73 Å². The Kier molecular flexibility index (Phi) is 1.80. The number of halogens is 2. The average Bonchev–Trinajstić information content (AvgIpc) is 2.55. The number of carbonyl (C=O) groups excluding carboxylic acids is 1. The van der Waals surface area contributed by atoms with Crippen LogP contribution in [-0.2, 0) is 4.79 Å². The summed E-state index contributed by atoms with van der Waals surface area (Å²) in [6.45, 7) is 0.717. The molecule has 0 bridgehead atoms. The predicted octanol–water partition coefficient (Wildman–Crippen LogP) is 0.201. The van der Waals surface area contributed by atoms with Gasteiger partial charge in [-0.15, -0.1) is 0 Å². The summed E-state index contributed by atoms with van der Waals surface area (Å²) >= 11 is 0. The zero-order valence-corrected chi connectivity index (χ0v) is 7.17. The van der Waals surface area contributed by atoms with Crippen molar-refractivity contribution in [3.05, 3.63) is 0 Å². The second kappa shape index (κ2) is 2.64. The molecular formula is C8H12F2N2O. The van der Waals surface area contributed by atoms with Crippen molar-refractivity contribution in [1.82, 2.24) is 4.90 Å². The highest BCUT2D eigenvalue weighted by molar-refractivity contribution is 5.82. The molecule has 0 aromatic carbocycles. The second-order valence-electron chi connectivity index (χ2n) is 3.73. The molecular weight excluding hydrogens is 178 g/mol. The molecule has 1 heterocycles. The van der Waals surface area contributed by atoms with Crippen LogP contribution in [0.15, 0.2) is 0 Å². The lowest BCUT2D eigenvalue weighted by atomic mass is 10.1. The first kappa shape index (κ1) is 8.87. The first-order valence-electron chi connectivity index (χ1n) is 4.44. The van der Waals surface area contributed by atoms with Crippen LogP contribution in [0.5, 0.6) is 0 Å². The molecule has 0 radical (unpaired) electrons. The van der Waals surface area contributed by atoms with Crippen molar-refractivity contribution in [2.45, 2.75) is 24.8 Å². The molecule has 1 amide bonds. The van der Waals surface area contributed by atoms with E-state index in [2.05, 4.69) is 0 Å². The SMILES string of the molecule is NCC1CCN(C2CC2(F)F)C1=O. The molecule has 2 rings (SSSR count). The molecule has 2 aliphatic rings. The van der Waals surface area contributed by atoms with Gasteiger partial charge in [0, 0.05) is 19.5 Å². The smallest absolute Gasteiger partial charge is 0.270 e. The topological polar surface area (TPSA) is 46.3 Å². The Bertz CT molecular complexity index is 244. The minimum atomic E-state index is -2.64. The molecule has 1 saturated heterocycles. The third-order valence-electron chi connectivity index (χ3n) is 2.80. The Morgan fingerprint density at radius 1 is 1.62 bits per heavy atom. The molecule has 74 valence electrons. The summed E-state index contributed by atoms with van der Waals surface area (Å²) in [5.41, 5.74) is 5.34. The number of hydrogen-bond acceptors (Lipinski definition) is 2. The molecule has 2 N–H and O–H groups in total. The Balaban J connectivity index is 2.00. The van der Waals surface area contributed by atoms with Crippen LogP contribution in [-0.4, -0.2) is 35.9 Å². The third kappa shape index (κ3) is 1.31. The van der Waals surface area contributed by atoms with E-state index in [0.29, 0.717) is 13.0 Å². The molecule has 2 fully saturated rings. The van der Waals surface area contributed by atoms with Gasteiger partial charge in [0.1, 0.15) is 6.04 Å². The van der Waals surface area contributed by atoms with Crippen LogP contribution >= 0.6 is 0 Å². The van der Waals surface area contributed by atoms with Crippen molar-refractivity contribution >= 4 is 5.91 Å². The fourth-order valence-corrected chi connectivity index (χ4v) is 1.83. The van der Waals surface area contributed by atoms with E-state index in [-0.39, 0.29) is 24.8 Å². The molecule has 13 heavy (non-hydrogen) atoms. The molecule has 5 heteroatoms. The van der Waals surface area contributed by atoms with Gasteiger partial charge in [0.25, 0.3) is 5.92 Å². The molecule has 0 spiro atoms. The van der Waals surface area contributed by atoms with Gasteiger partial charge in [0.05, 0.1) is 5.92 Å². The monoisotopic (exact) mass is 190 g/mol. The fourth-order valence-electron chi connectivity index (χ4n) is 1.83. The quantitative estimate of drug-likeness (QED) is 0.676. The highest BCUT2D eigenvalue weighted by Gasteiger charge is 2.62. The number of nitrogens with two attached hydrogens (primary N) is 1. The third-order valence-corrected chi connectivity index (χ3v) is 2.80. The molecule has 1 aliphatic heterocycles. The highest BCUT2D eigenvalue weighted by Crippen LogP contribution is 2.47. The van der Waals surface area contributed by atoms with E-state index in [4.69, 9.17) is 5.73 Å². The van der Waals surface area contributed by atoms with Gasteiger partial charge in [-0.25, -0.2) is 8.78 Å². The standard InChI is InChI=1S/C8H12F2N2O/c9-8(10)3-6(8)12-2-1-5(4-11)7(12)13/h5-6H,1-4,11H2. The number of nitrogens with zero attached hydrogens (tertiary/aromatic N) is 1. The van der Waals surface area contributed by atoms with E-state index >= 15 is 0 Å². The first-order valence-corrected chi connectivity index (χ1v) is 4.44. The van der Waals surface area contributed by atoms with Gasteiger partial charge < -0.3 is 10.6 Å². The van der Waals surface area contributed by atoms with Crippen molar-refractivity contribution in [3.63, 3.8) is 0 Å². The van der Waals surface area contributed by atoms with Gasteiger partial charge in [-0.3, -0.25) is 4.79 Å². The Hall–Kier alpha value is -0.710. The van der Waals surface area contributed by atoms with Crippen molar-refractivity contribution in [3.8, 4) is 0 Å². The molecule has 0 aromatic rings. The van der Waals surface area contributed by atoms with Gasteiger partial charge in [0.15, 0.2) is 0 Å². The number of alkyl halides is 2. The largest absolute Gasteiger partial charge is 0.333 e. The number of likely N-dealkylation sites (tertiary alicyclic amines) is 1. The van der Waals surface area contributed by atoms with Gasteiger partial charge in [0.2, 0.25) is 5.91 Å². The van der Waals surface area contributed by atoms with Crippen molar-refractivity contribution in [2.75, 3.05) is 13.1 Å². The average molecular weight is 190 g/mol. The van der Waals surface area contributed by atoms with Crippen LogP contribution in [0.2, 0.25) is 0 Å². The highest BCUT2D eigenvalue weighted by atomic mass is 19.3. The summed E-state index contributed by atoms with van der Waals surface area (Å²) in [7, 11) is 0. The van der Waals surface area contributed by atoms with E-state index in [1.807, 2.05) is 0 Å². The molecule has 2 unspecified atom stereocenters. The Morgan fingerprint density at radius 3 is 2.62 bits per heavy atom. The minimum absolute atomic E-state index is 0.171. The number of carbonyl (C=O) groups is 1. The summed E-state index contributed by atoms with van der Waals surface area (Å²) in [6, 6.07) is -0.837. The lowest BCUT2D eigenvalue weighted by Gasteiger charge is -2.15. The van der Waals surface area contributed by atoms with Crippen molar-refractivity contribution in [1.29, 1.82) is 0 Å². The van der Waals surface area contributed by atoms with E-state index < -0.39 is 12.0 Å². The van der Waals surface area contributed by atoms with Crippen LogP contribution in [0.25, 0.3) is 0 Å². The molecule has 2 atom stereocenters. The Morgan fingerprint density at radius 2 is 2.23 bits per heavy atom. The summed E-state index contributed by atoms with van der Waals surface area (Å²) in [6.07, 6.45) is 0.456. The maximum absolute atomic E-state index is 12.6. The number of hydrogen-bond donors (Lipinski definition) is 1. The predicted molar refractivity (Wildman–Crippen MR) is 42.2 cm³/mol. The normalized spacial score (nSPS) is 36.8. The van der Waals surface area contributed by atoms with Gasteiger partial charge >= 0.3 is 0 Å². The summed E-state index contributed by atoms with van der Waals surface area (Å²) in [4.78, 5) is 12.7. The van der Waals surface area contributed by atoms with Gasteiger partial charge in [-0.2, -0.15) is 0 Å². The summed E-state index contributed by atoms with van der Waals surface area (Å²) in [5.74, 6) is -3.06. The second-order valence-corrected chi connectivity index (χ2v) is 3.73. The van der Waals surface area contributed by atoms with E-state index in [0.717, 1.165) is 0 Å². The molecule has 1 aliphatic carbocycles. The van der Waals surface area contributed by atoms with Gasteiger partial charge in [-0.1, -0.05) is 0 Å². The van der Waals surface area contributed by atoms with Crippen LogP contribution in [0.1, 0.15) is 12.8 Å². The maximum Gasteiger partial charge on any atom is 0.270 e. The molecule has 0 aromatic heterocycles. The summed E-state index contributed by atoms with van der Waals surface area (Å²) in [5, 5.41) is 0. The van der Waals surface area contributed by atoms with Crippen LogP contribution in [0.3, 0.4) is 0 Å². The minimum Gasteiger partial charge on any atom is -0.333 e. The zero-order valence-electron chi connectivity index (χ0n) is 7.17. The maximum atomic E-state index is 12.6. The lowest BCUT2D eigenvalue weighted by molar-refractivity contribution is -0.132. The van der Waals surface area contributed by atoms with Crippen LogP contribution in [0, 0.1) is 5.92 Å². The summed E-state index contributed by atoms with van der Waals surface area (Å²) < 4.78 is 25.3. The van der Waals surface area contributed by atoms with Gasteiger partial charge in [-0.05, 0) is 6.42 Å². The van der Waals surface area contributed by atoms with Crippen molar-refractivity contribution < 1.29 is 13.6 Å². The molecule has 3 nitrogen and oxygen atoms in total. The van der Waals surface area contributed by atoms with E-state index in [9.17, 15) is 13.6 Å². The first-order chi connectivity index (χ1) is 6.06. The van der Waals surface area contributed by atoms with E-state index in [1.165, 1.54) is 4.90 Å². The fraction of sp³-hybridized carbons (Fsp3) is 0.875. The number of amides is 1. The molecule has 1 saturated carbocycles.